The third-order valence-electron chi connectivity index (χ3n) is 3.08. The molecule has 0 amide bonds. The van der Waals surface area contributed by atoms with E-state index in [0.717, 1.165) is 28.2 Å². The summed E-state index contributed by atoms with van der Waals surface area (Å²) in [5, 5.41) is 0. The molecule has 2 nitrogen and oxygen atoms in total. The van der Waals surface area contributed by atoms with Crippen LogP contribution in [0.15, 0.2) is 71.3 Å². The van der Waals surface area contributed by atoms with E-state index in [1.807, 2.05) is 54.6 Å². The van der Waals surface area contributed by atoms with Crippen LogP contribution >= 0.6 is 0 Å². The van der Waals surface area contributed by atoms with Crippen LogP contribution in [0.3, 0.4) is 0 Å². The number of hydrogen-bond acceptors (Lipinski definition) is 2. The summed E-state index contributed by atoms with van der Waals surface area (Å²) in [6.07, 6.45) is 1.78. The van der Waals surface area contributed by atoms with Crippen molar-refractivity contribution < 1.29 is 9.15 Å². The lowest BCUT2D eigenvalue weighted by atomic mass is 10.1. The molecule has 2 aromatic carbocycles. The molecule has 0 radical (unpaired) electrons. The number of methoxy groups -OCH3 is 1. The zero-order valence-electron chi connectivity index (χ0n) is 10.7. The first-order valence-corrected chi connectivity index (χ1v) is 6.15. The van der Waals surface area contributed by atoms with Crippen LogP contribution < -0.4 is 4.74 Å². The molecular formula is C17H14O2. The highest BCUT2D eigenvalue weighted by atomic mass is 16.5. The second-order valence-electron chi connectivity index (χ2n) is 4.29. The molecule has 0 spiro atoms. The van der Waals surface area contributed by atoms with E-state index in [1.54, 1.807) is 13.4 Å². The van der Waals surface area contributed by atoms with Gasteiger partial charge in [-0.3, -0.25) is 0 Å². The Kier molecular flexibility index (Phi) is 3.07. The van der Waals surface area contributed by atoms with Gasteiger partial charge in [-0.15, -0.1) is 0 Å². The van der Waals surface area contributed by atoms with E-state index < -0.39 is 0 Å². The van der Waals surface area contributed by atoms with Crippen molar-refractivity contribution in [2.75, 3.05) is 7.11 Å². The monoisotopic (exact) mass is 250 g/mol. The van der Waals surface area contributed by atoms with E-state index in [2.05, 4.69) is 6.07 Å². The number of benzene rings is 2. The standard InChI is InChI=1S/C17H14O2/c1-18-16-9-7-13(8-10-16)15-11-17(19-12-15)14-5-3-2-4-6-14/h2-12H,1H3. The topological polar surface area (TPSA) is 22.4 Å². The van der Waals surface area contributed by atoms with Crippen molar-refractivity contribution in [1.82, 2.24) is 0 Å². The van der Waals surface area contributed by atoms with E-state index in [1.165, 1.54) is 0 Å². The number of furan rings is 1. The van der Waals surface area contributed by atoms with E-state index in [9.17, 15) is 0 Å². The minimum Gasteiger partial charge on any atom is -0.497 e. The van der Waals surface area contributed by atoms with Crippen molar-refractivity contribution in [1.29, 1.82) is 0 Å². The van der Waals surface area contributed by atoms with Gasteiger partial charge in [0.1, 0.15) is 11.5 Å². The molecule has 0 N–H and O–H groups in total. The highest BCUT2D eigenvalue weighted by Gasteiger charge is 2.06. The molecule has 0 aliphatic heterocycles. The fourth-order valence-corrected chi connectivity index (χ4v) is 2.02. The van der Waals surface area contributed by atoms with Gasteiger partial charge in [0, 0.05) is 11.1 Å². The molecular weight excluding hydrogens is 236 g/mol. The van der Waals surface area contributed by atoms with Gasteiger partial charge in [0.05, 0.1) is 13.4 Å². The Morgan fingerprint density at radius 3 is 2.21 bits per heavy atom. The molecule has 2 heteroatoms. The third kappa shape index (κ3) is 2.38. The van der Waals surface area contributed by atoms with E-state index >= 15 is 0 Å². The van der Waals surface area contributed by atoms with Crippen LogP contribution in [0.2, 0.25) is 0 Å². The van der Waals surface area contributed by atoms with Gasteiger partial charge in [0.2, 0.25) is 0 Å². The minimum atomic E-state index is 0.857. The first-order valence-electron chi connectivity index (χ1n) is 6.15. The Hall–Kier alpha value is -2.48. The molecule has 94 valence electrons. The zero-order valence-corrected chi connectivity index (χ0v) is 10.7. The second-order valence-corrected chi connectivity index (χ2v) is 4.29. The third-order valence-corrected chi connectivity index (χ3v) is 3.08. The summed E-state index contributed by atoms with van der Waals surface area (Å²) in [6, 6.07) is 20.1. The van der Waals surface area contributed by atoms with E-state index in [-0.39, 0.29) is 0 Å². The predicted octanol–water partition coefficient (Wildman–Crippen LogP) is 4.62. The summed E-state index contributed by atoms with van der Waals surface area (Å²) < 4.78 is 10.8. The lowest BCUT2D eigenvalue weighted by Gasteiger charge is -2.00. The molecule has 0 aliphatic carbocycles. The van der Waals surface area contributed by atoms with Crippen LogP contribution in [-0.4, -0.2) is 7.11 Å². The predicted molar refractivity (Wildman–Crippen MR) is 76.1 cm³/mol. The van der Waals surface area contributed by atoms with Crippen LogP contribution in [0.5, 0.6) is 5.75 Å². The average molecular weight is 250 g/mol. The maximum atomic E-state index is 5.63. The summed E-state index contributed by atoms with van der Waals surface area (Å²) in [5.41, 5.74) is 3.27. The van der Waals surface area contributed by atoms with Gasteiger partial charge in [0.15, 0.2) is 0 Å². The quantitative estimate of drug-likeness (QED) is 0.676. The van der Waals surface area contributed by atoms with Gasteiger partial charge in [-0.2, -0.15) is 0 Å². The molecule has 0 aliphatic rings. The van der Waals surface area contributed by atoms with Crippen LogP contribution in [0.4, 0.5) is 0 Å². The molecule has 0 atom stereocenters. The van der Waals surface area contributed by atoms with Crippen LogP contribution in [0, 0.1) is 0 Å². The van der Waals surface area contributed by atoms with Crippen molar-refractivity contribution in [3.05, 3.63) is 66.9 Å². The van der Waals surface area contributed by atoms with Gasteiger partial charge in [0.25, 0.3) is 0 Å². The number of hydrogen-bond donors (Lipinski definition) is 0. The molecule has 3 rings (SSSR count). The lowest BCUT2D eigenvalue weighted by molar-refractivity contribution is 0.415. The SMILES string of the molecule is COc1ccc(-c2coc(-c3ccccc3)c2)cc1. The van der Waals surface area contributed by atoms with Crippen molar-refractivity contribution in [3.8, 4) is 28.2 Å². The number of ether oxygens (including phenoxy) is 1. The Morgan fingerprint density at radius 1 is 0.789 bits per heavy atom. The molecule has 3 aromatic rings. The Labute approximate surface area is 112 Å². The van der Waals surface area contributed by atoms with Gasteiger partial charge >= 0.3 is 0 Å². The van der Waals surface area contributed by atoms with Gasteiger partial charge in [-0.1, -0.05) is 42.5 Å². The van der Waals surface area contributed by atoms with Crippen LogP contribution in [-0.2, 0) is 0 Å². The lowest BCUT2D eigenvalue weighted by Crippen LogP contribution is -1.81. The minimum absolute atomic E-state index is 0.857. The van der Waals surface area contributed by atoms with Gasteiger partial charge in [-0.25, -0.2) is 0 Å². The van der Waals surface area contributed by atoms with E-state index in [4.69, 9.17) is 9.15 Å². The Morgan fingerprint density at radius 2 is 1.53 bits per heavy atom. The van der Waals surface area contributed by atoms with Crippen LogP contribution in [0.25, 0.3) is 22.5 Å². The fraction of sp³-hybridized carbons (Fsp3) is 0.0588. The first kappa shape index (κ1) is 11.6. The molecule has 19 heavy (non-hydrogen) atoms. The molecule has 0 bridgehead atoms. The molecule has 0 fully saturated rings. The highest BCUT2D eigenvalue weighted by molar-refractivity contribution is 5.70. The average Bonchev–Trinajstić information content (AvgIpc) is 2.98. The summed E-state index contributed by atoms with van der Waals surface area (Å²) in [4.78, 5) is 0. The Bertz CT molecular complexity index is 651. The Balaban J connectivity index is 1.92. The van der Waals surface area contributed by atoms with Crippen molar-refractivity contribution >= 4 is 0 Å². The normalized spacial score (nSPS) is 10.4. The van der Waals surface area contributed by atoms with Crippen molar-refractivity contribution in [2.45, 2.75) is 0 Å². The maximum Gasteiger partial charge on any atom is 0.134 e. The summed E-state index contributed by atoms with van der Waals surface area (Å²) in [5.74, 6) is 1.74. The largest absolute Gasteiger partial charge is 0.497 e. The van der Waals surface area contributed by atoms with Crippen molar-refractivity contribution in [2.24, 2.45) is 0 Å². The second kappa shape index (κ2) is 5.02. The first-order chi connectivity index (χ1) is 9.36. The van der Waals surface area contributed by atoms with Crippen LogP contribution in [0.1, 0.15) is 0 Å². The van der Waals surface area contributed by atoms with Gasteiger partial charge in [-0.05, 0) is 23.8 Å². The summed E-state index contributed by atoms with van der Waals surface area (Å²) >= 11 is 0. The molecule has 0 unspecified atom stereocenters. The van der Waals surface area contributed by atoms with Crippen molar-refractivity contribution in [3.63, 3.8) is 0 Å². The van der Waals surface area contributed by atoms with Gasteiger partial charge < -0.3 is 9.15 Å². The zero-order chi connectivity index (χ0) is 13.1. The van der Waals surface area contributed by atoms with E-state index in [0.29, 0.717) is 0 Å². The highest BCUT2D eigenvalue weighted by Crippen LogP contribution is 2.29. The molecule has 0 saturated carbocycles. The summed E-state index contributed by atoms with van der Waals surface area (Å²) in [6.45, 7) is 0. The maximum absolute atomic E-state index is 5.63. The fourth-order valence-electron chi connectivity index (χ4n) is 2.02. The molecule has 1 heterocycles. The number of rotatable bonds is 3. The smallest absolute Gasteiger partial charge is 0.134 e. The summed E-state index contributed by atoms with van der Waals surface area (Å²) in [7, 11) is 1.67. The molecule has 0 saturated heterocycles. The molecule has 1 aromatic heterocycles.